The van der Waals surface area contributed by atoms with Gasteiger partial charge in [0.05, 0.1) is 7.82 Å². The van der Waals surface area contributed by atoms with Crippen molar-refractivity contribution in [3.63, 3.8) is 0 Å². The smallest absolute Gasteiger partial charge is 0.790 e. The molecule has 15 heavy (non-hydrogen) atoms. The molecule has 0 aliphatic rings. The summed E-state index contributed by atoms with van der Waals surface area (Å²) < 4.78 is 30.3. The second-order valence-corrected chi connectivity index (χ2v) is 5.02. The van der Waals surface area contributed by atoms with E-state index >= 15 is 0 Å². The second kappa shape index (κ2) is 7.27. The molecule has 88 valence electrons. The van der Waals surface area contributed by atoms with Crippen molar-refractivity contribution in [3.8, 4) is 0 Å². The average Bonchev–Trinajstić information content (AvgIpc) is 1.42. The minimum atomic E-state index is -5.61. The molecule has 1 atom stereocenters. The number of phosphoric acid groups is 3. The van der Waals surface area contributed by atoms with Gasteiger partial charge in [-0.15, -0.1) is 0 Å². The fraction of sp³-hybridized carbons (Fsp3) is 0. The number of hydrogen-bond acceptors (Lipinski definition) is 7. The first-order chi connectivity index (χ1) is 5.71. The zero-order valence-corrected chi connectivity index (χ0v) is 10.4. The Morgan fingerprint density at radius 1 is 0.867 bits per heavy atom. The molecule has 0 spiro atoms. The van der Waals surface area contributed by atoms with Crippen LogP contribution in [0.4, 0.5) is 0 Å². The van der Waals surface area contributed by atoms with Crippen LogP contribution in [-0.4, -0.2) is 36.9 Å². The molecule has 0 heterocycles. The molecule has 0 bridgehead atoms. The Bertz CT molecular complexity index is 259. The van der Waals surface area contributed by atoms with Gasteiger partial charge in [-0.2, -0.15) is 0 Å². The zero-order valence-electron chi connectivity index (χ0n) is 6.57. The van der Waals surface area contributed by atoms with Crippen LogP contribution in [0.5, 0.6) is 0 Å². The van der Waals surface area contributed by atoms with E-state index in [0.717, 1.165) is 0 Å². The van der Waals surface area contributed by atoms with Crippen LogP contribution in [0.25, 0.3) is 0 Å². The van der Waals surface area contributed by atoms with E-state index in [1.807, 2.05) is 0 Å². The maximum absolute atomic E-state index is 9.44. The van der Waals surface area contributed by atoms with Gasteiger partial charge in [0.2, 0.25) is 0 Å². The summed E-state index contributed by atoms with van der Waals surface area (Å²) in [6, 6.07) is 0. The van der Waals surface area contributed by atoms with Crippen molar-refractivity contribution in [1.29, 1.82) is 0 Å². The van der Waals surface area contributed by atoms with Crippen LogP contribution in [0.1, 0.15) is 0 Å². The third kappa shape index (κ3) is 52.1. The van der Waals surface area contributed by atoms with E-state index in [-0.39, 0.29) is 17.4 Å². The van der Waals surface area contributed by atoms with E-state index in [9.17, 15) is 23.8 Å². The standard InChI is InChI=1S/Al.H4O7P2.H3O4P/c;1-8(2,3)7-9(4,5)6;1-5(2,3)4/h;(H2,1,2,3)(H2,4,5,6);(H3,1,2,3,4)/q+3;;/p-3. The van der Waals surface area contributed by atoms with Crippen LogP contribution in [-0.2, 0) is 18.0 Å². The molecule has 0 aromatic rings. The van der Waals surface area contributed by atoms with E-state index in [1.165, 1.54) is 0 Å². The van der Waals surface area contributed by atoms with Crippen LogP contribution in [0.3, 0.4) is 0 Å². The molecule has 15 heteroatoms. The number of rotatable bonds is 2. The summed E-state index contributed by atoms with van der Waals surface area (Å²) in [5, 5.41) is 0. The maximum Gasteiger partial charge on any atom is 3.00 e. The minimum absolute atomic E-state index is 0. The maximum atomic E-state index is 9.44. The van der Waals surface area contributed by atoms with Crippen LogP contribution >= 0.6 is 23.5 Å². The molecule has 0 amide bonds. The SMILES string of the molecule is O=P(O)(O)O.O=P([O-])([O-])OP(=O)([O-])O.[Al+3]. The minimum Gasteiger partial charge on any atom is -0.790 e. The van der Waals surface area contributed by atoms with Crippen molar-refractivity contribution in [2.45, 2.75) is 0 Å². The summed E-state index contributed by atoms with van der Waals surface area (Å²) in [4.78, 5) is 57.3. The molecule has 0 rings (SSSR count). The van der Waals surface area contributed by atoms with Gasteiger partial charge in [0, 0.05) is 0 Å². The van der Waals surface area contributed by atoms with Crippen molar-refractivity contribution in [2.75, 3.05) is 0 Å². The summed E-state index contributed by atoms with van der Waals surface area (Å²) >= 11 is 0. The van der Waals surface area contributed by atoms with E-state index in [2.05, 4.69) is 4.31 Å². The van der Waals surface area contributed by atoms with Gasteiger partial charge < -0.3 is 38.8 Å². The van der Waals surface area contributed by atoms with Crippen molar-refractivity contribution < 1.29 is 52.3 Å². The van der Waals surface area contributed by atoms with Crippen LogP contribution in [0, 0.1) is 0 Å². The topological polar surface area (TPSA) is 211 Å². The molecule has 0 saturated carbocycles. The first kappa shape index (κ1) is 21.2. The van der Waals surface area contributed by atoms with Gasteiger partial charge in [0.1, 0.15) is 0 Å². The average molecular weight is 300 g/mol. The van der Waals surface area contributed by atoms with Gasteiger partial charge in [-0.05, 0) is 0 Å². The molecule has 0 aliphatic heterocycles. The van der Waals surface area contributed by atoms with Gasteiger partial charge in [0.15, 0.2) is 0 Å². The summed E-state index contributed by atoms with van der Waals surface area (Å²) in [7, 11) is -15.7. The van der Waals surface area contributed by atoms with E-state index in [0.29, 0.717) is 0 Å². The monoisotopic (exact) mass is 300 g/mol. The van der Waals surface area contributed by atoms with E-state index < -0.39 is 23.5 Å². The molecule has 1 unspecified atom stereocenters. The first-order valence-electron chi connectivity index (χ1n) is 2.26. The van der Waals surface area contributed by atoms with Crippen LogP contribution in [0.15, 0.2) is 0 Å². The summed E-state index contributed by atoms with van der Waals surface area (Å²) in [6.07, 6.45) is 0. The first-order valence-corrected chi connectivity index (χ1v) is 6.78. The van der Waals surface area contributed by atoms with Crippen molar-refractivity contribution >= 4 is 40.8 Å². The van der Waals surface area contributed by atoms with Crippen LogP contribution in [0.2, 0.25) is 0 Å². The van der Waals surface area contributed by atoms with Gasteiger partial charge in [-0.3, -0.25) is 8.88 Å². The predicted molar refractivity (Wildman–Crippen MR) is 38.5 cm³/mol. The van der Waals surface area contributed by atoms with Crippen molar-refractivity contribution in [3.05, 3.63) is 0 Å². The molecule has 0 saturated heterocycles. The summed E-state index contributed by atoms with van der Waals surface area (Å²) in [5.74, 6) is 0. The molecule has 0 aromatic heterocycles. The quantitative estimate of drug-likeness (QED) is 0.285. The Labute approximate surface area is 93.6 Å². The summed E-state index contributed by atoms with van der Waals surface area (Å²) in [5.41, 5.74) is 0. The Morgan fingerprint density at radius 2 is 1.07 bits per heavy atom. The fourth-order valence-corrected chi connectivity index (χ4v) is 1.14. The van der Waals surface area contributed by atoms with E-state index in [4.69, 9.17) is 24.1 Å². The van der Waals surface area contributed by atoms with E-state index in [1.54, 1.807) is 0 Å². The molecule has 0 aliphatic carbocycles. The third-order valence-corrected chi connectivity index (χ3v) is 1.83. The van der Waals surface area contributed by atoms with Gasteiger partial charge in [-0.25, -0.2) is 4.57 Å². The molecule has 4 N–H and O–H groups in total. The van der Waals surface area contributed by atoms with Crippen molar-refractivity contribution in [1.82, 2.24) is 0 Å². The van der Waals surface area contributed by atoms with Crippen LogP contribution < -0.4 is 14.7 Å². The summed E-state index contributed by atoms with van der Waals surface area (Å²) in [6.45, 7) is 0. The predicted octanol–water partition coefficient (Wildman–Crippen LogP) is -4.02. The Hall–Kier alpha value is 0.902. The normalized spacial score (nSPS) is 15.4. The fourth-order valence-electron chi connectivity index (χ4n) is 0.126. The third-order valence-electron chi connectivity index (χ3n) is 0.203. The molecular formula is H4AlO11P3. The Morgan fingerprint density at radius 3 is 1.07 bits per heavy atom. The Balaban J connectivity index is -0.000000208. The van der Waals surface area contributed by atoms with Gasteiger partial charge in [0.25, 0.3) is 7.82 Å². The second-order valence-electron chi connectivity index (χ2n) is 1.51. The number of hydrogen-bond donors (Lipinski definition) is 4. The molecule has 0 aromatic carbocycles. The molecule has 11 nitrogen and oxygen atoms in total. The van der Waals surface area contributed by atoms with Gasteiger partial charge >= 0.3 is 25.2 Å². The van der Waals surface area contributed by atoms with Gasteiger partial charge in [-0.1, -0.05) is 0 Å². The zero-order chi connectivity index (χ0) is 12.2. The molecular weight excluding hydrogens is 296 g/mol. The Kier molecular flexibility index (Phi) is 10.3. The molecule has 0 radical (unpaired) electrons. The largest absolute Gasteiger partial charge is 3.00 e. The molecule has 0 fully saturated rings. The van der Waals surface area contributed by atoms with Crippen molar-refractivity contribution in [2.24, 2.45) is 0 Å².